The lowest BCUT2D eigenvalue weighted by Gasteiger charge is -2.13. The van der Waals surface area contributed by atoms with Crippen LogP contribution in [0.25, 0.3) is 0 Å². The number of nitrogens with one attached hydrogen (secondary N) is 2. The third kappa shape index (κ3) is 5.56. The lowest BCUT2D eigenvalue weighted by atomic mass is 10.0. The summed E-state index contributed by atoms with van der Waals surface area (Å²) >= 11 is 0. The van der Waals surface area contributed by atoms with Gasteiger partial charge in [-0.3, -0.25) is 9.59 Å². The molecule has 0 saturated heterocycles. The van der Waals surface area contributed by atoms with Gasteiger partial charge in [0.1, 0.15) is 5.82 Å². The first kappa shape index (κ1) is 20.8. The van der Waals surface area contributed by atoms with Crippen LogP contribution in [0, 0.1) is 12.8 Å². The van der Waals surface area contributed by atoms with Gasteiger partial charge in [0.05, 0.1) is 11.9 Å². The molecule has 0 radical (unpaired) electrons. The van der Waals surface area contributed by atoms with Gasteiger partial charge >= 0.3 is 0 Å². The van der Waals surface area contributed by atoms with Crippen LogP contribution in [-0.4, -0.2) is 37.4 Å². The maximum atomic E-state index is 12.7. The van der Waals surface area contributed by atoms with E-state index in [2.05, 4.69) is 15.6 Å². The van der Waals surface area contributed by atoms with Crippen molar-refractivity contribution in [1.82, 2.24) is 10.3 Å². The van der Waals surface area contributed by atoms with E-state index in [1.807, 2.05) is 44.1 Å². The van der Waals surface area contributed by atoms with Gasteiger partial charge < -0.3 is 15.5 Å². The molecule has 1 fully saturated rings. The average molecular weight is 395 g/mol. The minimum Gasteiger partial charge on any atom is -0.363 e. The summed E-state index contributed by atoms with van der Waals surface area (Å²) in [5.74, 6) is 1.18. The van der Waals surface area contributed by atoms with Gasteiger partial charge in [-0.05, 0) is 49.1 Å². The van der Waals surface area contributed by atoms with Crippen molar-refractivity contribution in [3.05, 3.63) is 53.2 Å². The monoisotopic (exact) mass is 394 g/mol. The summed E-state index contributed by atoms with van der Waals surface area (Å²) in [6.45, 7) is 2.55. The van der Waals surface area contributed by atoms with Crippen molar-refractivity contribution in [3.8, 4) is 0 Å². The number of hydrogen-bond acceptors (Lipinski definition) is 4. The lowest BCUT2D eigenvalue weighted by molar-refractivity contribution is 0.0951. The summed E-state index contributed by atoms with van der Waals surface area (Å²) in [4.78, 5) is 31.4. The van der Waals surface area contributed by atoms with Gasteiger partial charge in [0.15, 0.2) is 0 Å². The number of hydrogen-bond donors (Lipinski definition) is 2. The molecule has 0 unspecified atom stereocenters. The molecule has 1 aromatic heterocycles. The SMILES string of the molecule is Cc1ccc(C(=O)NCCC2CCCC2)cc1C(=O)Nc1ccc(N(C)C)nc1. The van der Waals surface area contributed by atoms with Crippen molar-refractivity contribution in [2.75, 3.05) is 30.9 Å². The molecule has 154 valence electrons. The fourth-order valence-corrected chi connectivity index (χ4v) is 3.72. The molecule has 6 nitrogen and oxygen atoms in total. The number of pyridine rings is 1. The smallest absolute Gasteiger partial charge is 0.255 e. The summed E-state index contributed by atoms with van der Waals surface area (Å²) in [7, 11) is 3.82. The first-order chi connectivity index (χ1) is 13.9. The average Bonchev–Trinajstić information content (AvgIpc) is 3.22. The van der Waals surface area contributed by atoms with E-state index in [1.54, 1.807) is 18.3 Å². The van der Waals surface area contributed by atoms with Gasteiger partial charge in [0.2, 0.25) is 0 Å². The molecule has 2 amide bonds. The van der Waals surface area contributed by atoms with E-state index in [-0.39, 0.29) is 11.8 Å². The van der Waals surface area contributed by atoms with Crippen molar-refractivity contribution in [2.24, 2.45) is 5.92 Å². The molecular formula is C23H30N4O2. The Kier molecular flexibility index (Phi) is 6.86. The van der Waals surface area contributed by atoms with Crippen molar-refractivity contribution in [3.63, 3.8) is 0 Å². The van der Waals surface area contributed by atoms with E-state index < -0.39 is 0 Å². The van der Waals surface area contributed by atoms with Crippen LogP contribution >= 0.6 is 0 Å². The number of aryl methyl sites for hydroxylation is 1. The first-order valence-corrected chi connectivity index (χ1v) is 10.3. The zero-order valence-corrected chi connectivity index (χ0v) is 17.5. The van der Waals surface area contributed by atoms with Gasteiger partial charge in [-0.1, -0.05) is 31.7 Å². The third-order valence-electron chi connectivity index (χ3n) is 5.52. The summed E-state index contributed by atoms with van der Waals surface area (Å²) < 4.78 is 0. The Labute approximate surface area is 172 Å². The van der Waals surface area contributed by atoms with E-state index in [1.165, 1.54) is 25.7 Å². The number of rotatable bonds is 7. The van der Waals surface area contributed by atoms with Crippen LogP contribution in [0.2, 0.25) is 0 Å². The van der Waals surface area contributed by atoms with Crippen molar-refractivity contribution in [2.45, 2.75) is 39.0 Å². The van der Waals surface area contributed by atoms with Crippen LogP contribution in [0.4, 0.5) is 11.5 Å². The fourth-order valence-electron chi connectivity index (χ4n) is 3.72. The largest absolute Gasteiger partial charge is 0.363 e. The normalized spacial score (nSPS) is 13.9. The highest BCUT2D eigenvalue weighted by molar-refractivity contribution is 6.07. The second kappa shape index (κ2) is 9.54. The predicted octanol–water partition coefficient (Wildman–Crippen LogP) is 4.02. The number of benzene rings is 1. The maximum Gasteiger partial charge on any atom is 0.255 e. The first-order valence-electron chi connectivity index (χ1n) is 10.3. The minimum absolute atomic E-state index is 0.131. The third-order valence-corrected chi connectivity index (χ3v) is 5.52. The minimum atomic E-state index is -0.248. The van der Waals surface area contributed by atoms with Crippen LogP contribution in [0.1, 0.15) is 58.4 Å². The second-order valence-corrected chi connectivity index (χ2v) is 7.98. The number of anilines is 2. The fraction of sp³-hybridized carbons (Fsp3) is 0.435. The van der Waals surface area contributed by atoms with E-state index in [0.717, 1.165) is 23.7 Å². The van der Waals surface area contributed by atoms with Crippen molar-refractivity contribution < 1.29 is 9.59 Å². The number of nitrogens with zero attached hydrogens (tertiary/aromatic N) is 2. The Morgan fingerprint density at radius 2 is 1.86 bits per heavy atom. The lowest BCUT2D eigenvalue weighted by Crippen LogP contribution is -2.26. The summed E-state index contributed by atoms with van der Waals surface area (Å²) in [6, 6.07) is 8.90. The molecule has 3 rings (SSSR count). The molecule has 2 N–H and O–H groups in total. The van der Waals surface area contributed by atoms with Gasteiger partial charge in [-0.25, -0.2) is 4.98 Å². The Morgan fingerprint density at radius 3 is 2.52 bits per heavy atom. The number of carbonyl (C=O) groups excluding carboxylic acids is 2. The quantitative estimate of drug-likeness (QED) is 0.744. The zero-order chi connectivity index (χ0) is 20.8. The van der Waals surface area contributed by atoms with E-state index >= 15 is 0 Å². The summed E-state index contributed by atoms with van der Waals surface area (Å²) in [6.07, 6.45) is 7.82. The zero-order valence-electron chi connectivity index (χ0n) is 17.5. The Balaban J connectivity index is 1.62. The van der Waals surface area contributed by atoms with E-state index in [0.29, 0.717) is 23.4 Å². The molecule has 29 heavy (non-hydrogen) atoms. The second-order valence-electron chi connectivity index (χ2n) is 7.98. The Hall–Kier alpha value is -2.89. The summed E-state index contributed by atoms with van der Waals surface area (Å²) in [5, 5.41) is 5.85. The summed E-state index contributed by atoms with van der Waals surface area (Å²) in [5.41, 5.74) is 2.44. The van der Waals surface area contributed by atoms with Gasteiger partial charge in [0.25, 0.3) is 11.8 Å². The van der Waals surface area contributed by atoms with Crippen LogP contribution in [0.15, 0.2) is 36.5 Å². The molecule has 1 aromatic carbocycles. The molecule has 0 aliphatic heterocycles. The van der Waals surface area contributed by atoms with E-state index in [4.69, 9.17) is 0 Å². The van der Waals surface area contributed by atoms with Crippen LogP contribution < -0.4 is 15.5 Å². The number of amides is 2. The standard InChI is InChI=1S/C23H30N4O2/c1-16-8-9-18(22(28)24-13-12-17-6-4-5-7-17)14-20(16)23(29)26-19-10-11-21(25-15-19)27(2)3/h8-11,14-15,17H,4-7,12-13H2,1-3H3,(H,24,28)(H,26,29). The van der Waals surface area contributed by atoms with Crippen molar-refractivity contribution >= 4 is 23.3 Å². The number of aromatic nitrogens is 1. The highest BCUT2D eigenvalue weighted by Crippen LogP contribution is 2.27. The highest BCUT2D eigenvalue weighted by Gasteiger charge is 2.16. The van der Waals surface area contributed by atoms with Crippen molar-refractivity contribution in [1.29, 1.82) is 0 Å². The van der Waals surface area contributed by atoms with Gasteiger partial charge in [0, 0.05) is 31.8 Å². The van der Waals surface area contributed by atoms with Crippen LogP contribution in [0.3, 0.4) is 0 Å². The predicted molar refractivity (Wildman–Crippen MR) is 117 cm³/mol. The molecule has 1 aliphatic carbocycles. The molecule has 1 saturated carbocycles. The molecule has 0 spiro atoms. The van der Waals surface area contributed by atoms with Crippen LogP contribution in [-0.2, 0) is 0 Å². The van der Waals surface area contributed by atoms with Gasteiger partial charge in [-0.2, -0.15) is 0 Å². The number of carbonyl (C=O) groups is 2. The Bertz CT molecular complexity index is 856. The maximum absolute atomic E-state index is 12.7. The molecule has 6 heteroatoms. The molecule has 2 aromatic rings. The van der Waals surface area contributed by atoms with Gasteiger partial charge in [-0.15, -0.1) is 0 Å². The van der Waals surface area contributed by atoms with Crippen LogP contribution in [0.5, 0.6) is 0 Å². The molecular weight excluding hydrogens is 364 g/mol. The topological polar surface area (TPSA) is 74.3 Å². The Morgan fingerprint density at radius 1 is 1.10 bits per heavy atom. The van der Waals surface area contributed by atoms with E-state index in [9.17, 15) is 9.59 Å². The molecule has 0 atom stereocenters. The molecule has 0 bridgehead atoms. The molecule has 1 aliphatic rings. The highest BCUT2D eigenvalue weighted by atomic mass is 16.2. The molecule has 1 heterocycles.